The number of rotatable bonds is 6. The minimum absolute atomic E-state index is 0.318. The number of fused-ring (bicyclic) bond motifs is 2. The van der Waals surface area contributed by atoms with Crippen molar-refractivity contribution in [3.8, 4) is 0 Å². The molecule has 0 aromatic heterocycles. The third kappa shape index (κ3) is 3.96. The predicted octanol–water partition coefficient (Wildman–Crippen LogP) is 4.87. The number of nitrogens with zero attached hydrogens (tertiary/aromatic N) is 1. The van der Waals surface area contributed by atoms with Gasteiger partial charge in [0.2, 0.25) is 0 Å². The van der Waals surface area contributed by atoms with Crippen molar-refractivity contribution in [2.24, 2.45) is 0 Å². The van der Waals surface area contributed by atoms with E-state index in [1.54, 1.807) is 12.1 Å². The van der Waals surface area contributed by atoms with Crippen molar-refractivity contribution in [1.82, 2.24) is 4.90 Å². The van der Waals surface area contributed by atoms with Crippen molar-refractivity contribution < 1.29 is 8.42 Å². The molecule has 156 valence electrons. The molecule has 3 aliphatic rings. The minimum atomic E-state index is -3.62. The first-order valence-electron chi connectivity index (χ1n) is 11.0. The summed E-state index contributed by atoms with van der Waals surface area (Å²) in [5.74, 6) is 0. The maximum absolute atomic E-state index is 13.0. The highest BCUT2D eigenvalue weighted by atomic mass is 32.2. The molecule has 2 aromatic rings. The second-order valence-electron chi connectivity index (χ2n) is 8.51. The Kier molecular flexibility index (Phi) is 5.25. The molecule has 0 bridgehead atoms. The monoisotopic (exact) mass is 420 g/mol. The number of hydrogen-bond acceptors (Lipinski definition) is 3. The van der Waals surface area contributed by atoms with Crippen molar-refractivity contribution in [1.29, 1.82) is 0 Å². The van der Waals surface area contributed by atoms with Crippen molar-refractivity contribution in [2.75, 3.05) is 24.4 Å². The number of benzene rings is 2. The van der Waals surface area contributed by atoms with Crippen molar-refractivity contribution in [3.63, 3.8) is 0 Å². The lowest BCUT2D eigenvalue weighted by Crippen LogP contribution is -2.20. The van der Waals surface area contributed by atoms with Gasteiger partial charge >= 0.3 is 0 Å². The van der Waals surface area contributed by atoms with E-state index in [2.05, 4.69) is 27.8 Å². The lowest BCUT2D eigenvalue weighted by Gasteiger charge is -2.16. The highest BCUT2D eigenvalue weighted by Gasteiger charge is 2.20. The average molecular weight is 421 g/mol. The van der Waals surface area contributed by atoms with Crippen LogP contribution >= 0.6 is 0 Å². The van der Waals surface area contributed by atoms with Gasteiger partial charge in [-0.2, -0.15) is 0 Å². The summed E-state index contributed by atoms with van der Waals surface area (Å²) in [6.45, 7) is 3.50. The predicted molar refractivity (Wildman–Crippen MR) is 123 cm³/mol. The van der Waals surface area contributed by atoms with Gasteiger partial charge in [-0.15, -0.1) is 0 Å². The fourth-order valence-electron chi connectivity index (χ4n) is 4.77. The van der Waals surface area contributed by atoms with Crippen molar-refractivity contribution in [3.05, 3.63) is 70.8 Å². The topological polar surface area (TPSA) is 49.4 Å². The smallest absolute Gasteiger partial charge is 0.261 e. The van der Waals surface area contributed by atoms with Gasteiger partial charge in [0.1, 0.15) is 0 Å². The molecule has 5 rings (SSSR count). The van der Waals surface area contributed by atoms with Crippen LogP contribution in [-0.4, -0.2) is 33.0 Å². The van der Waals surface area contributed by atoms with Gasteiger partial charge in [-0.1, -0.05) is 30.4 Å². The summed E-state index contributed by atoms with van der Waals surface area (Å²) in [6, 6.07) is 11.4. The standard InChI is InChI=1S/C25H28N2O2S/c28-30(29,24-12-10-19-5-1-2-6-22(19)17-24)26-23-11-9-20-7-8-21(25(20)18-23)13-16-27-14-3-4-15-27/h2,6,8-12,17-18,26H,1,3-5,7,13-16H2. The van der Waals surface area contributed by atoms with Crippen molar-refractivity contribution >= 4 is 27.4 Å². The Labute approximate surface area is 179 Å². The van der Waals surface area contributed by atoms with E-state index in [4.69, 9.17) is 0 Å². The summed E-state index contributed by atoms with van der Waals surface area (Å²) in [6.07, 6.45) is 13.0. The summed E-state index contributed by atoms with van der Waals surface area (Å²) in [5, 5.41) is 0. The van der Waals surface area contributed by atoms with E-state index in [1.807, 2.05) is 24.3 Å². The Morgan fingerprint density at radius 2 is 1.83 bits per heavy atom. The number of nitrogens with one attached hydrogen (secondary N) is 1. The molecule has 2 aliphatic carbocycles. The molecule has 0 saturated carbocycles. The highest BCUT2D eigenvalue weighted by molar-refractivity contribution is 7.92. The van der Waals surface area contributed by atoms with Crippen LogP contribution in [0, 0.1) is 0 Å². The molecule has 1 fully saturated rings. The summed E-state index contributed by atoms with van der Waals surface area (Å²) in [4.78, 5) is 2.84. The Morgan fingerprint density at radius 3 is 2.70 bits per heavy atom. The van der Waals surface area contributed by atoms with Gasteiger partial charge in [0, 0.05) is 12.2 Å². The maximum Gasteiger partial charge on any atom is 0.261 e. The fourth-order valence-corrected chi connectivity index (χ4v) is 5.85. The van der Waals surface area contributed by atoms with Crippen LogP contribution in [0.15, 0.2) is 53.4 Å². The second-order valence-corrected chi connectivity index (χ2v) is 10.2. The molecule has 0 spiro atoms. The van der Waals surface area contributed by atoms with E-state index in [1.165, 1.54) is 48.2 Å². The number of allylic oxidation sites excluding steroid dienone is 2. The Bertz CT molecular complexity index is 1130. The van der Waals surface area contributed by atoms with Gasteiger partial charge in [0.25, 0.3) is 10.0 Å². The van der Waals surface area contributed by atoms with E-state index in [-0.39, 0.29) is 0 Å². The van der Waals surface area contributed by atoms with E-state index < -0.39 is 10.0 Å². The molecule has 1 saturated heterocycles. The SMILES string of the molecule is O=S(=O)(Nc1ccc2c(c1)C(CCN1CCCC1)=CC2)c1ccc2c(c1)C=CCC2. The van der Waals surface area contributed by atoms with Gasteiger partial charge in [0.15, 0.2) is 0 Å². The van der Waals surface area contributed by atoms with Crippen LogP contribution in [0.2, 0.25) is 0 Å². The minimum Gasteiger partial charge on any atom is -0.303 e. The zero-order chi connectivity index (χ0) is 20.6. The molecule has 1 N–H and O–H groups in total. The molecule has 4 nitrogen and oxygen atoms in total. The number of hydrogen-bond donors (Lipinski definition) is 1. The fraction of sp³-hybridized carbons (Fsp3) is 0.360. The van der Waals surface area contributed by atoms with E-state index in [0.29, 0.717) is 10.6 Å². The number of aryl methyl sites for hydroxylation is 1. The normalized spacial score (nSPS) is 18.2. The average Bonchev–Trinajstić information content (AvgIpc) is 3.41. The third-order valence-corrected chi connectivity index (χ3v) is 7.86. The first-order valence-corrected chi connectivity index (χ1v) is 12.4. The van der Waals surface area contributed by atoms with Gasteiger partial charge in [-0.25, -0.2) is 8.42 Å². The van der Waals surface area contributed by atoms with Crippen molar-refractivity contribution in [2.45, 2.75) is 43.4 Å². The molecule has 0 amide bonds. The molecule has 0 radical (unpaired) electrons. The first-order chi connectivity index (χ1) is 14.6. The van der Waals surface area contributed by atoms with Crippen LogP contribution in [0.25, 0.3) is 11.6 Å². The van der Waals surface area contributed by atoms with Crippen LogP contribution in [0.3, 0.4) is 0 Å². The first kappa shape index (κ1) is 19.6. The quantitative estimate of drug-likeness (QED) is 0.725. The third-order valence-electron chi connectivity index (χ3n) is 6.48. The van der Waals surface area contributed by atoms with E-state index in [0.717, 1.165) is 37.8 Å². The molecular weight excluding hydrogens is 392 g/mol. The van der Waals surface area contributed by atoms with Crippen LogP contribution in [0.5, 0.6) is 0 Å². The molecule has 2 aromatic carbocycles. The summed E-state index contributed by atoms with van der Waals surface area (Å²) < 4.78 is 28.8. The Balaban J connectivity index is 1.34. The summed E-state index contributed by atoms with van der Waals surface area (Å²) >= 11 is 0. The molecule has 30 heavy (non-hydrogen) atoms. The molecule has 0 unspecified atom stereocenters. The Morgan fingerprint density at radius 1 is 1.00 bits per heavy atom. The lowest BCUT2D eigenvalue weighted by atomic mass is 9.98. The summed E-state index contributed by atoms with van der Waals surface area (Å²) in [5.41, 5.74) is 6.68. The molecule has 1 aliphatic heterocycles. The van der Waals surface area contributed by atoms with Crippen LogP contribution < -0.4 is 4.72 Å². The largest absolute Gasteiger partial charge is 0.303 e. The van der Waals surface area contributed by atoms with E-state index >= 15 is 0 Å². The van der Waals surface area contributed by atoms with Gasteiger partial charge in [0.05, 0.1) is 4.90 Å². The van der Waals surface area contributed by atoms with E-state index in [9.17, 15) is 8.42 Å². The highest BCUT2D eigenvalue weighted by Crippen LogP contribution is 2.33. The van der Waals surface area contributed by atoms with Gasteiger partial charge < -0.3 is 4.90 Å². The number of likely N-dealkylation sites (tertiary alicyclic amines) is 1. The zero-order valence-corrected chi connectivity index (χ0v) is 18.0. The van der Waals surface area contributed by atoms with Gasteiger partial charge in [-0.3, -0.25) is 4.72 Å². The zero-order valence-electron chi connectivity index (χ0n) is 17.2. The maximum atomic E-state index is 13.0. The molecular formula is C25H28N2O2S. The van der Waals surface area contributed by atoms with Crippen LogP contribution in [0.1, 0.15) is 47.9 Å². The molecule has 0 atom stereocenters. The number of sulfonamides is 1. The lowest BCUT2D eigenvalue weighted by molar-refractivity contribution is 0.348. The van der Waals surface area contributed by atoms with Crippen LogP contribution in [0.4, 0.5) is 5.69 Å². The molecule has 1 heterocycles. The second kappa shape index (κ2) is 8.05. The molecule has 5 heteroatoms. The Hall–Kier alpha value is -2.37. The van der Waals surface area contributed by atoms with Crippen LogP contribution in [-0.2, 0) is 22.9 Å². The summed E-state index contributed by atoms with van der Waals surface area (Å²) in [7, 11) is -3.62. The van der Waals surface area contributed by atoms with Gasteiger partial charge in [-0.05, 0) is 104 Å². The number of anilines is 1.